The van der Waals surface area contributed by atoms with Crippen molar-refractivity contribution in [3.63, 3.8) is 0 Å². The lowest BCUT2D eigenvalue weighted by molar-refractivity contribution is -0.138. The van der Waals surface area contributed by atoms with Crippen LogP contribution in [0.2, 0.25) is 0 Å². The number of carbonyl (C=O) groups is 3. The van der Waals surface area contributed by atoms with Gasteiger partial charge in [0.25, 0.3) is 0 Å². The normalized spacial score (nSPS) is 11.1. The van der Waals surface area contributed by atoms with Crippen LogP contribution in [0.15, 0.2) is 24.3 Å². The standard InChI is InChI=1S/C21H33N3O4/c1-15(2)13-24(20(27)11-21(3,4)5)14-19(26)22-12-18(25)23-16-7-9-17(28-6)10-8-16/h7-10,15H,11-14H2,1-6H3,(H,22,26)(H,23,25). The number of benzene rings is 1. The Hall–Kier alpha value is -2.57. The van der Waals surface area contributed by atoms with Crippen molar-refractivity contribution in [2.75, 3.05) is 32.1 Å². The summed E-state index contributed by atoms with van der Waals surface area (Å²) in [4.78, 5) is 38.3. The molecule has 0 aliphatic rings. The largest absolute Gasteiger partial charge is 0.497 e. The number of rotatable bonds is 9. The van der Waals surface area contributed by atoms with Crippen LogP contribution in [0.3, 0.4) is 0 Å². The van der Waals surface area contributed by atoms with E-state index in [9.17, 15) is 14.4 Å². The van der Waals surface area contributed by atoms with E-state index in [1.807, 2.05) is 34.6 Å². The minimum Gasteiger partial charge on any atom is -0.497 e. The van der Waals surface area contributed by atoms with Crippen molar-refractivity contribution in [1.29, 1.82) is 0 Å². The number of anilines is 1. The zero-order chi connectivity index (χ0) is 21.3. The van der Waals surface area contributed by atoms with Crippen molar-refractivity contribution < 1.29 is 19.1 Å². The maximum Gasteiger partial charge on any atom is 0.243 e. The van der Waals surface area contributed by atoms with E-state index in [1.54, 1.807) is 36.3 Å². The summed E-state index contributed by atoms with van der Waals surface area (Å²) in [5, 5.41) is 5.28. The van der Waals surface area contributed by atoms with Gasteiger partial charge in [-0.25, -0.2) is 0 Å². The van der Waals surface area contributed by atoms with E-state index in [1.165, 1.54) is 0 Å². The van der Waals surface area contributed by atoms with Crippen LogP contribution in [0.5, 0.6) is 5.75 Å². The van der Waals surface area contributed by atoms with E-state index in [4.69, 9.17) is 4.74 Å². The lowest BCUT2D eigenvalue weighted by Crippen LogP contribution is -2.44. The summed E-state index contributed by atoms with van der Waals surface area (Å²) in [6.45, 7) is 10.2. The Morgan fingerprint density at radius 1 is 1.07 bits per heavy atom. The van der Waals surface area contributed by atoms with Crippen molar-refractivity contribution in [1.82, 2.24) is 10.2 Å². The molecule has 0 fully saturated rings. The van der Waals surface area contributed by atoms with Crippen LogP contribution in [0.25, 0.3) is 0 Å². The quantitative estimate of drug-likeness (QED) is 0.677. The van der Waals surface area contributed by atoms with Crippen LogP contribution in [0, 0.1) is 11.3 Å². The molecule has 28 heavy (non-hydrogen) atoms. The minimum absolute atomic E-state index is 0.0527. The topological polar surface area (TPSA) is 87.7 Å². The molecule has 0 bridgehead atoms. The summed E-state index contributed by atoms with van der Waals surface area (Å²) in [5.74, 6) is 0.188. The number of hydrogen-bond acceptors (Lipinski definition) is 4. The molecule has 0 heterocycles. The minimum atomic E-state index is -0.354. The fourth-order valence-electron chi connectivity index (χ4n) is 2.55. The number of hydrogen-bond donors (Lipinski definition) is 2. The SMILES string of the molecule is COc1ccc(NC(=O)CNC(=O)CN(CC(C)C)C(=O)CC(C)(C)C)cc1. The number of nitrogens with one attached hydrogen (secondary N) is 2. The molecule has 3 amide bonds. The van der Waals surface area contributed by atoms with E-state index < -0.39 is 0 Å². The van der Waals surface area contributed by atoms with Crippen LogP contribution in [0.4, 0.5) is 5.69 Å². The van der Waals surface area contributed by atoms with Gasteiger partial charge < -0.3 is 20.3 Å². The third kappa shape index (κ3) is 9.39. The Morgan fingerprint density at radius 3 is 2.18 bits per heavy atom. The van der Waals surface area contributed by atoms with Crippen molar-refractivity contribution in [3.8, 4) is 5.75 Å². The van der Waals surface area contributed by atoms with Crippen LogP contribution >= 0.6 is 0 Å². The summed E-state index contributed by atoms with van der Waals surface area (Å²) in [6.07, 6.45) is 0.366. The molecule has 0 saturated heterocycles. The van der Waals surface area contributed by atoms with Gasteiger partial charge in [-0.2, -0.15) is 0 Å². The first-order valence-corrected chi connectivity index (χ1v) is 9.48. The molecular weight excluding hydrogens is 358 g/mol. The molecule has 7 heteroatoms. The smallest absolute Gasteiger partial charge is 0.243 e. The Bertz CT molecular complexity index is 663. The maximum absolute atomic E-state index is 12.5. The number of amides is 3. The summed E-state index contributed by atoms with van der Waals surface area (Å²) < 4.78 is 5.06. The highest BCUT2D eigenvalue weighted by atomic mass is 16.5. The summed E-state index contributed by atoms with van der Waals surface area (Å²) in [6, 6.07) is 6.90. The van der Waals surface area contributed by atoms with Gasteiger partial charge in [-0.1, -0.05) is 34.6 Å². The lowest BCUT2D eigenvalue weighted by atomic mass is 9.91. The second-order valence-corrected chi connectivity index (χ2v) is 8.46. The summed E-state index contributed by atoms with van der Waals surface area (Å²) >= 11 is 0. The molecule has 0 saturated carbocycles. The predicted octanol–water partition coefficient (Wildman–Crippen LogP) is 2.67. The predicted molar refractivity (Wildman–Crippen MR) is 110 cm³/mol. The van der Waals surface area contributed by atoms with Crippen molar-refractivity contribution >= 4 is 23.4 Å². The first kappa shape index (κ1) is 23.5. The zero-order valence-corrected chi connectivity index (χ0v) is 17.8. The molecule has 156 valence electrons. The average molecular weight is 392 g/mol. The molecule has 0 aromatic heterocycles. The molecule has 0 spiro atoms. The van der Waals surface area contributed by atoms with Gasteiger partial charge in [0, 0.05) is 18.7 Å². The number of ether oxygens (including phenoxy) is 1. The average Bonchev–Trinajstić information content (AvgIpc) is 2.58. The zero-order valence-electron chi connectivity index (χ0n) is 17.8. The van der Waals surface area contributed by atoms with Gasteiger partial charge in [0.05, 0.1) is 20.2 Å². The van der Waals surface area contributed by atoms with Crippen LogP contribution in [-0.2, 0) is 14.4 Å². The Morgan fingerprint density at radius 2 is 1.68 bits per heavy atom. The first-order valence-electron chi connectivity index (χ1n) is 9.48. The van der Waals surface area contributed by atoms with Gasteiger partial charge in [0.1, 0.15) is 5.75 Å². The number of carbonyl (C=O) groups excluding carboxylic acids is 3. The van der Waals surface area contributed by atoms with E-state index in [2.05, 4.69) is 10.6 Å². The van der Waals surface area contributed by atoms with Crippen molar-refractivity contribution in [2.45, 2.75) is 41.0 Å². The molecule has 1 rings (SSSR count). The van der Waals surface area contributed by atoms with Gasteiger partial charge in [-0.05, 0) is 35.6 Å². The van der Waals surface area contributed by atoms with Gasteiger partial charge in [-0.15, -0.1) is 0 Å². The molecule has 0 atom stereocenters. The van der Waals surface area contributed by atoms with Crippen LogP contribution in [0.1, 0.15) is 41.0 Å². The molecule has 2 N–H and O–H groups in total. The second kappa shape index (κ2) is 10.7. The van der Waals surface area contributed by atoms with Crippen molar-refractivity contribution in [2.24, 2.45) is 11.3 Å². The Kier molecular flexibility index (Phi) is 8.96. The highest BCUT2D eigenvalue weighted by molar-refractivity contribution is 5.95. The maximum atomic E-state index is 12.5. The number of methoxy groups -OCH3 is 1. The van der Waals surface area contributed by atoms with E-state index >= 15 is 0 Å². The molecule has 0 aliphatic carbocycles. The highest BCUT2D eigenvalue weighted by Gasteiger charge is 2.23. The molecule has 1 aromatic rings. The lowest BCUT2D eigenvalue weighted by Gasteiger charge is -2.27. The fraction of sp³-hybridized carbons (Fsp3) is 0.571. The monoisotopic (exact) mass is 391 g/mol. The van der Waals surface area contributed by atoms with Gasteiger partial charge in [0.2, 0.25) is 17.7 Å². The molecular formula is C21H33N3O4. The number of nitrogens with zero attached hydrogens (tertiary/aromatic N) is 1. The van der Waals surface area contributed by atoms with Crippen molar-refractivity contribution in [3.05, 3.63) is 24.3 Å². The second-order valence-electron chi connectivity index (χ2n) is 8.46. The molecule has 7 nitrogen and oxygen atoms in total. The Labute approximate surface area is 167 Å². The molecule has 0 radical (unpaired) electrons. The summed E-state index contributed by atoms with van der Waals surface area (Å²) in [7, 11) is 1.57. The van der Waals surface area contributed by atoms with E-state index in [0.717, 1.165) is 0 Å². The van der Waals surface area contributed by atoms with Gasteiger partial charge in [-0.3, -0.25) is 14.4 Å². The molecule has 0 aliphatic heterocycles. The third-order valence-corrected chi connectivity index (χ3v) is 3.77. The van der Waals surface area contributed by atoms with E-state index in [0.29, 0.717) is 24.4 Å². The van der Waals surface area contributed by atoms with Gasteiger partial charge in [0.15, 0.2) is 0 Å². The molecule has 1 aromatic carbocycles. The summed E-state index contributed by atoms with van der Waals surface area (Å²) in [5.41, 5.74) is 0.461. The van der Waals surface area contributed by atoms with Gasteiger partial charge >= 0.3 is 0 Å². The third-order valence-electron chi connectivity index (χ3n) is 3.77. The van der Waals surface area contributed by atoms with Crippen LogP contribution < -0.4 is 15.4 Å². The van der Waals surface area contributed by atoms with E-state index in [-0.39, 0.29) is 42.1 Å². The van der Waals surface area contributed by atoms with Crippen LogP contribution in [-0.4, -0.2) is 49.4 Å². The Balaban J connectivity index is 2.53. The fourth-order valence-corrected chi connectivity index (χ4v) is 2.55. The first-order chi connectivity index (χ1) is 13.0. The highest BCUT2D eigenvalue weighted by Crippen LogP contribution is 2.20. The molecule has 0 unspecified atom stereocenters.